The predicted octanol–water partition coefficient (Wildman–Crippen LogP) is 1.16. The number of benzene rings is 1. The minimum Gasteiger partial charge on any atom is -0.467 e. The van der Waals surface area contributed by atoms with Crippen molar-refractivity contribution < 1.29 is 19.1 Å². The Morgan fingerprint density at radius 1 is 1.15 bits per heavy atom. The second-order valence-electron chi connectivity index (χ2n) is 7.59. The molecule has 0 unspecified atom stereocenters. The summed E-state index contributed by atoms with van der Waals surface area (Å²) >= 11 is 0. The molecular formula is C20H31N3O4. The molecule has 4 N–H and O–H groups in total. The second-order valence-corrected chi connectivity index (χ2v) is 7.59. The Morgan fingerprint density at radius 3 is 2.26 bits per heavy atom. The highest BCUT2D eigenvalue weighted by atomic mass is 16.5. The average molecular weight is 377 g/mol. The molecule has 2 amide bonds. The first-order chi connectivity index (χ1) is 12.6. The summed E-state index contributed by atoms with van der Waals surface area (Å²) in [6.45, 7) is 7.07. The molecule has 1 rings (SSSR count). The molecule has 2 atom stereocenters. The number of amides is 2. The second kappa shape index (κ2) is 10.1. The van der Waals surface area contributed by atoms with Crippen LogP contribution in [0.1, 0.15) is 39.7 Å². The zero-order valence-electron chi connectivity index (χ0n) is 16.7. The third-order valence-electron chi connectivity index (χ3n) is 4.14. The van der Waals surface area contributed by atoms with Gasteiger partial charge in [-0.15, -0.1) is 0 Å². The molecule has 27 heavy (non-hydrogen) atoms. The van der Waals surface area contributed by atoms with Gasteiger partial charge in [-0.05, 0) is 31.7 Å². The molecule has 0 heterocycles. The topological polar surface area (TPSA) is 111 Å². The summed E-state index contributed by atoms with van der Waals surface area (Å²) in [6.07, 6.45) is 0.804. The van der Waals surface area contributed by atoms with Gasteiger partial charge < -0.3 is 21.1 Å². The molecule has 0 aliphatic heterocycles. The molecule has 0 radical (unpaired) electrons. The van der Waals surface area contributed by atoms with Gasteiger partial charge in [0.25, 0.3) is 0 Å². The molecule has 0 saturated carbocycles. The van der Waals surface area contributed by atoms with Gasteiger partial charge in [0, 0.05) is 6.42 Å². The fourth-order valence-electron chi connectivity index (χ4n) is 2.60. The number of methoxy groups -OCH3 is 1. The monoisotopic (exact) mass is 377 g/mol. The van der Waals surface area contributed by atoms with Gasteiger partial charge in [-0.3, -0.25) is 9.59 Å². The van der Waals surface area contributed by atoms with E-state index >= 15 is 0 Å². The Hall–Kier alpha value is -2.41. The summed E-state index contributed by atoms with van der Waals surface area (Å²) in [5.41, 5.74) is 5.54. The number of ether oxygens (including phenoxy) is 1. The van der Waals surface area contributed by atoms with E-state index in [-0.39, 0.29) is 12.3 Å². The molecule has 7 heteroatoms. The number of nitrogens with one attached hydrogen (secondary N) is 2. The number of hydrogen-bond acceptors (Lipinski definition) is 5. The van der Waals surface area contributed by atoms with Gasteiger partial charge in [-0.25, -0.2) is 4.79 Å². The first kappa shape index (κ1) is 22.6. The SMILES string of the molecule is COC(=O)[C@H](Cc1ccccc1)NC(=O)C(C)(C)NC(=O)[C@@H](N)CC(C)C. The molecule has 150 valence electrons. The van der Waals surface area contributed by atoms with Crippen LogP contribution >= 0.6 is 0 Å². The van der Waals surface area contributed by atoms with Crippen LogP contribution in [-0.4, -0.2) is 42.5 Å². The third-order valence-corrected chi connectivity index (χ3v) is 4.14. The smallest absolute Gasteiger partial charge is 0.328 e. The van der Waals surface area contributed by atoms with Gasteiger partial charge >= 0.3 is 5.97 Å². The molecule has 1 aromatic rings. The zero-order chi connectivity index (χ0) is 20.6. The van der Waals surface area contributed by atoms with Crippen LogP contribution in [0.4, 0.5) is 0 Å². The molecule has 0 saturated heterocycles. The van der Waals surface area contributed by atoms with Gasteiger partial charge in [0.2, 0.25) is 11.8 Å². The van der Waals surface area contributed by atoms with Crippen molar-refractivity contribution in [2.45, 2.75) is 58.2 Å². The van der Waals surface area contributed by atoms with E-state index in [9.17, 15) is 14.4 Å². The fraction of sp³-hybridized carbons (Fsp3) is 0.550. The van der Waals surface area contributed by atoms with Crippen molar-refractivity contribution in [3.05, 3.63) is 35.9 Å². The molecule has 1 aromatic carbocycles. The summed E-state index contributed by atoms with van der Waals surface area (Å²) in [6, 6.07) is 7.74. The maximum atomic E-state index is 12.7. The number of rotatable bonds is 9. The minimum absolute atomic E-state index is 0.261. The Morgan fingerprint density at radius 2 is 1.74 bits per heavy atom. The van der Waals surface area contributed by atoms with Crippen LogP contribution < -0.4 is 16.4 Å². The number of hydrogen-bond donors (Lipinski definition) is 3. The van der Waals surface area contributed by atoms with Crippen LogP contribution in [0.2, 0.25) is 0 Å². The molecule has 0 aliphatic carbocycles. The van der Waals surface area contributed by atoms with Crippen LogP contribution in [0.5, 0.6) is 0 Å². The van der Waals surface area contributed by atoms with Crippen molar-refractivity contribution in [1.82, 2.24) is 10.6 Å². The van der Waals surface area contributed by atoms with Crippen molar-refractivity contribution in [3.8, 4) is 0 Å². The maximum absolute atomic E-state index is 12.7. The van der Waals surface area contributed by atoms with E-state index in [0.717, 1.165) is 5.56 Å². The molecule has 0 aromatic heterocycles. The van der Waals surface area contributed by atoms with Crippen LogP contribution in [0, 0.1) is 5.92 Å². The normalized spacial score (nSPS) is 13.6. The number of carbonyl (C=O) groups is 3. The summed E-state index contributed by atoms with van der Waals surface area (Å²) < 4.78 is 4.80. The third kappa shape index (κ3) is 7.38. The Labute approximate surface area is 161 Å². The first-order valence-corrected chi connectivity index (χ1v) is 9.07. The van der Waals surface area contributed by atoms with E-state index in [1.165, 1.54) is 7.11 Å². The fourth-order valence-corrected chi connectivity index (χ4v) is 2.60. The van der Waals surface area contributed by atoms with Gasteiger partial charge in [0.05, 0.1) is 13.2 Å². The van der Waals surface area contributed by atoms with Gasteiger partial charge in [0.1, 0.15) is 11.6 Å². The maximum Gasteiger partial charge on any atom is 0.328 e. The van der Waals surface area contributed by atoms with Gasteiger partial charge in [-0.2, -0.15) is 0 Å². The standard InChI is InChI=1S/C20H31N3O4/c1-13(2)11-15(21)17(24)23-20(3,4)19(26)22-16(18(25)27-5)12-14-9-7-6-8-10-14/h6-10,13,15-16H,11-12,21H2,1-5H3,(H,22,26)(H,23,24)/t15-,16-/m0/s1. The lowest BCUT2D eigenvalue weighted by atomic mass is 9.99. The average Bonchev–Trinajstić information content (AvgIpc) is 2.60. The molecule has 7 nitrogen and oxygen atoms in total. The lowest BCUT2D eigenvalue weighted by molar-refractivity contribution is -0.146. The van der Waals surface area contributed by atoms with Crippen LogP contribution in [0.3, 0.4) is 0 Å². The highest BCUT2D eigenvalue weighted by molar-refractivity contribution is 5.94. The van der Waals surface area contributed by atoms with E-state index in [1.54, 1.807) is 13.8 Å². The van der Waals surface area contributed by atoms with Gasteiger partial charge in [0.15, 0.2) is 0 Å². The Bertz CT molecular complexity index is 644. The zero-order valence-corrected chi connectivity index (χ0v) is 16.7. The molecule has 0 aliphatic rings. The molecule has 0 spiro atoms. The van der Waals surface area contributed by atoms with Gasteiger partial charge in [-0.1, -0.05) is 44.2 Å². The van der Waals surface area contributed by atoms with Crippen molar-refractivity contribution >= 4 is 17.8 Å². The first-order valence-electron chi connectivity index (χ1n) is 9.07. The van der Waals surface area contributed by atoms with E-state index < -0.39 is 35.4 Å². The summed E-state index contributed by atoms with van der Waals surface area (Å²) in [5.74, 6) is -1.18. The summed E-state index contributed by atoms with van der Waals surface area (Å²) in [5, 5.41) is 5.33. The predicted molar refractivity (Wildman–Crippen MR) is 104 cm³/mol. The van der Waals surface area contributed by atoms with Crippen LogP contribution in [-0.2, 0) is 25.5 Å². The van der Waals surface area contributed by atoms with Crippen molar-refractivity contribution in [2.24, 2.45) is 11.7 Å². The summed E-state index contributed by atoms with van der Waals surface area (Å²) in [7, 11) is 1.27. The highest BCUT2D eigenvalue weighted by Crippen LogP contribution is 2.10. The number of nitrogens with two attached hydrogens (primary N) is 1. The van der Waals surface area contributed by atoms with Crippen molar-refractivity contribution in [1.29, 1.82) is 0 Å². The molecule has 0 bridgehead atoms. The summed E-state index contributed by atoms with van der Waals surface area (Å²) in [4.78, 5) is 37.0. The van der Waals surface area contributed by atoms with E-state index in [0.29, 0.717) is 6.42 Å². The van der Waals surface area contributed by atoms with Crippen LogP contribution in [0.25, 0.3) is 0 Å². The van der Waals surface area contributed by atoms with Crippen molar-refractivity contribution in [2.75, 3.05) is 7.11 Å². The van der Waals surface area contributed by atoms with E-state index in [4.69, 9.17) is 10.5 Å². The molecular weight excluding hydrogens is 346 g/mol. The lowest BCUT2D eigenvalue weighted by Gasteiger charge is -2.29. The van der Waals surface area contributed by atoms with E-state index in [2.05, 4.69) is 10.6 Å². The highest BCUT2D eigenvalue weighted by Gasteiger charge is 2.34. The quantitative estimate of drug-likeness (QED) is 0.559. The van der Waals surface area contributed by atoms with Crippen molar-refractivity contribution in [3.63, 3.8) is 0 Å². The number of carbonyl (C=O) groups excluding carboxylic acids is 3. The van der Waals surface area contributed by atoms with E-state index in [1.807, 2.05) is 44.2 Å². The lowest BCUT2D eigenvalue weighted by Crippen LogP contribution is -2.60. The Balaban J connectivity index is 2.80. The molecule has 0 fully saturated rings. The van der Waals surface area contributed by atoms with Crippen LogP contribution in [0.15, 0.2) is 30.3 Å². The number of esters is 1. The minimum atomic E-state index is -1.23. The largest absolute Gasteiger partial charge is 0.467 e. The Kier molecular flexibility index (Phi) is 8.43.